The molecular weight excluding hydrogens is 426 g/mol. The highest BCUT2D eigenvalue weighted by atomic mass is 16.2. The summed E-state index contributed by atoms with van der Waals surface area (Å²) in [6, 6.07) is 4.06. The smallest absolute Gasteiger partial charge is 0.243 e. The lowest BCUT2D eigenvalue weighted by Gasteiger charge is -2.41. The molecule has 1 aromatic heterocycles. The third kappa shape index (κ3) is 5.01. The van der Waals surface area contributed by atoms with E-state index in [1.54, 1.807) is 0 Å². The zero-order chi connectivity index (χ0) is 23.7. The highest BCUT2D eigenvalue weighted by Crippen LogP contribution is 2.34. The Hall–Kier alpha value is -1.99. The summed E-state index contributed by atoms with van der Waals surface area (Å²) < 4.78 is 0. The van der Waals surface area contributed by atoms with Crippen molar-refractivity contribution in [1.29, 1.82) is 0 Å². The van der Waals surface area contributed by atoms with Gasteiger partial charge in [0.05, 0.1) is 17.7 Å². The summed E-state index contributed by atoms with van der Waals surface area (Å²) in [5.41, 5.74) is 1.94. The van der Waals surface area contributed by atoms with Crippen LogP contribution in [0.1, 0.15) is 69.0 Å². The van der Waals surface area contributed by atoms with Crippen molar-refractivity contribution < 1.29 is 9.59 Å². The molecule has 4 heterocycles. The summed E-state index contributed by atoms with van der Waals surface area (Å²) >= 11 is 0. The number of nitrogens with one attached hydrogen (secondary N) is 1. The average Bonchev–Trinajstić information content (AvgIpc) is 3.26. The van der Waals surface area contributed by atoms with Crippen molar-refractivity contribution in [3.8, 4) is 0 Å². The van der Waals surface area contributed by atoms with Crippen LogP contribution in [0.25, 0.3) is 0 Å². The first-order valence-corrected chi connectivity index (χ1v) is 13.4. The number of likely N-dealkylation sites (tertiary alicyclic amines) is 1. The number of aryl methyl sites for hydroxylation is 1. The number of rotatable bonds is 5. The molecule has 0 radical (unpaired) electrons. The molecule has 0 bridgehead atoms. The number of carbonyl (C=O) groups excluding carboxylic acids is 2. The predicted octanol–water partition coefficient (Wildman–Crippen LogP) is 2.73. The number of carbonyl (C=O) groups is 2. The summed E-state index contributed by atoms with van der Waals surface area (Å²) in [6.07, 6.45) is 11.4. The lowest BCUT2D eigenvalue weighted by molar-refractivity contribution is -0.135. The second kappa shape index (κ2) is 9.94. The van der Waals surface area contributed by atoms with Crippen LogP contribution in [0.4, 0.5) is 0 Å². The van der Waals surface area contributed by atoms with Crippen LogP contribution in [-0.2, 0) is 16.1 Å². The minimum atomic E-state index is -0.391. The number of pyridine rings is 1. The van der Waals surface area contributed by atoms with Gasteiger partial charge in [-0.15, -0.1) is 0 Å². The van der Waals surface area contributed by atoms with Crippen molar-refractivity contribution >= 4 is 11.8 Å². The van der Waals surface area contributed by atoms with Gasteiger partial charge in [0.25, 0.3) is 0 Å². The number of nitrogens with zero attached hydrogens (tertiary/aromatic N) is 4. The number of fused-ring (bicyclic) bond motifs is 1. The Morgan fingerprint density at radius 2 is 1.94 bits per heavy atom. The summed E-state index contributed by atoms with van der Waals surface area (Å²) in [6.45, 7) is 6.47. The fourth-order valence-corrected chi connectivity index (χ4v) is 6.70. The summed E-state index contributed by atoms with van der Waals surface area (Å²) in [5.74, 6) is 0.992. The molecule has 7 heteroatoms. The fraction of sp³-hybridized carbons (Fsp3) is 0.741. The van der Waals surface area contributed by atoms with Gasteiger partial charge in [-0.3, -0.25) is 19.5 Å². The molecule has 1 spiro atoms. The van der Waals surface area contributed by atoms with E-state index in [0.717, 1.165) is 57.1 Å². The van der Waals surface area contributed by atoms with Crippen molar-refractivity contribution in [2.75, 3.05) is 33.2 Å². The Kier molecular flexibility index (Phi) is 6.94. The monoisotopic (exact) mass is 467 g/mol. The van der Waals surface area contributed by atoms with Gasteiger partial charge in [0.1, 0.15) is 6.04 Å². The molecule has 34 heavy (non-hydrogen) atoms. The molecule has 186 valence electrons. The molecule has 1 aromatic rings. The van der Waals surface area contributed by atoms with Crippen LogP contribution < -0.4 is 5.32 Å². The van der Waals surface area contributed by atoms with E-state index in [1.807, 2.05) is 17.2 Å². The van der Waals surface area contributed by atoms with E-state index in [0.29, 0.717) is 19.0 Å². The van der Waals surface area contributed by atoms with Gasteiger partial charge in [-0.2, -0.15) is 0 Å². The van der Waals surface area contributed by atoms with E-state index < -0.39 is 5.54 Å². The maximum atomic E-state index is 13.4. The van der Waals surface area contributed by atoms with Crippen LogP contribution in [0.15, 0.2) is 18.3 Å². The van der Waals surface area contributed by atoms with E-state index in [9.17, 15) is 9.59 Å². The fourth-order valence-electron chi connectivity index (χ4n) is 6.70. The van der Waals surface area contributed by atoms with Crippen LogP contribution in [-0.4, -0.2) is 82.3 Å². The molecule has 3 saturated heterocycles. The standard InChI is InChI=1S/C27H41N5O2/c1-20-7-6-12-28-23(20)19-31-13-10-27(11-14-31)16-25(33)32-18-22(15-24(32)26(34)29-27)30(2)17-21-8-4-3-5-9-21/h6-7,12,21-22,24H,3-5,8-11,13-19H2,1-2H3,(H,29,34)/t22-,24-/m0/s1. The molecule has 7 nitrogen and oxygen atoms in total. The largest absolute Gasteiger partial charge is 0.348 e. The van der Waals surface area contributed by atoms with E-state index in [-0.39, 0.29) is 17.9 Å². The Morgan fingerprint density at radius 3 is 2.68 bits per heavy atom. The van der Waals surface area contributed by atoms with Gasteiger partial charge in [-0.1, -0.05) is 25.3 Å². The second-order valence-corrected chi connectivity index (χ2v) is 11.4. The third-order valence-corrected chi connectivity index (χ3v) is 8.98. The maximum Gasteiger partial charge on any atom is 0.243 e. The normalized spacial score (nSPS) is 28.3. The van der Waals surface area contributed by atoms with Crippen molar-refractivity contribution in [2.24, 2.45) is 5.92 Å². The molecule has 4 fully saturated rings. The third-order valence-electron chi connectivity index (χ3n) is 8.98. The van der Waals surface area contributed by atoms with E-state index >= 15 is 0 Å². The Labute approximate surface area is 204 Å². The molecule has 3 aliphatic heterocycles. The molecule has 0 aromatic carbocycles. The Balaban J connectivity index is 1.18. The molecule has 0 unspecified atom stereocenters. The molecule has 1 saturated carbocycles. The van der Waals surface area contributed by atoms with Gasteiger partial charge in [0.2, 0.25) is 11.8 Å². The minimum absolute atomic E-state index is 0.0634. The van der Waals surface area contributed by atoms with Gasteiger partial charge >= 0.3 is 0 Å². The van der Waals surface area contributed by atoms with Crippen molar-refractivity contribution in [3.05, 3.63) is 29.6 Å². The Morgan fingerprint density at radius 1 is 1.18 bits per heavy atom. The lowest BCUT2D eigenvalue weighted by Crippen LogP contribution is -2.56. The van der Waals surface area contributed by atoms with E-state index in [4.69, 9.17) is 0 Å². The molecule has 1 N–H and O–H groups in total. The maximum absolute atomic E-state index is 13.4. The quantitative estimate of drug-likeness (QED) is 0.721. The first kappa shape index (κ1) is 23.7. The summed E-state index contributed by atoms with van der Waals surface area (Å²) in [5, 5.41) is 3.37. The molecule has 2 amide bonds. The van der Waals surface area contributed by atoms with Crippen molar-refractivity contribution in [3.63, 3.8) is 0 Å². The Bertz CT molecular complexity index is 863. The van der Waals surface area contributed by atoms with Gasteiger partial charge in [0, 0.05) is 45.0 Å². The van der Waals surface area contributed by atoms with Crippen LogP contribution in [0, 0.1) is 12.8 Å². The van der Waals surface area contributed by atoms with Crippen LogP contribution in [0.3, 0.4) is 0 Å². The number of aromatic nitrogens is 1. The number of piperidine rings is 1. The van der Waals surface area contributed by atoms with Crippen molar-refractivity contribution in [1.82, 2.24) is 25.0 Å². The first-order chi connectivity index (χ1) is 16.4. The van der Waals surface area contributed by atoms with Gasteiger partial charge in [-0.05, 0) is 63.6 Å². The SMILES string of the molecule is Cc1cccnc1CN1CCC2(CC1)CC(=O)N1C[C@@H](N(C)CC3CCCCC3)C[C@H]1C(=O)N2. The predicted molar refractivity (Wildman–Crippen MR) is 132 cm³/mol. The number of hydrogen-bond acceptors (Lipinski definition) is 5. The van der Waals surface area contributed by atoms with Crippen LogP contribution in [0.5, 0.6) is 0 Å². The highest BCUT2D eigenvalue weighted by molar-refractivity contribution is 5.92. The molecule has 4 aliphatic rings. The average molecular weight is 468 g/mol. The van der Waals surface area contributed by atoms with Gasteiger partial charge < -0.3 is 15.1 Å². The summed E-state index contributed by atoms with van der Waals surface area (Å²) in [4.78, 5) is 38.0. The number of amides is 2. The number of hydrogen-bond donors (Lipinski definition) is 1. The zero-order valence-electron chi connectivity index (χ0n) is 21.0. The molecule has 5 rings (SSSR count). The van der Waals surface area contributed by atoms with E-state index in [2.05, 4.69) is 40.1 Å². The van der Waals surface area contributed by atoms with Crippen molar-refractivity contribution in [2.45, 2.75) is 88.9 Å². The number of likely N-dealkylation sites (N-methyl/N-ethyl adjacent to an activating group) is 1. The zero-order valence-corrected chi connectivity index (χ0v) is 21.0. The topological polar surface area (TPSA) is 68.8 Å². The van der Waals surface area contributed by atoms with Gasteiger partial charge in [-0.25, -0.2) is 0 Å². The van der Waals surface area contributed by atoms with Crippen LogP contribution in [0.2, 0.25) is 0 Å². The van der Waals surface area contributed by atoms with Gasteiger partial charge in [0.15, 0.2) is 0 Å². The molecule has 2 atom stereocenters. The molecule has 1 aliphatic carbocycles. The highest BCUT2D eigenvalue weighted by Gasteiger charge is 2.49. The summed E-state index contributed by atoms with van der Waals surface area (Å²) in [7, 11) is 2.19. The van der Waals surface area contributed by atoms with E-state index in [1.165, 1.54) is 37.7 Å². The second-order valence-electron chi connectivity index (χ2n) is 11.4. The first-order valence-electron chi connectivity index (χ1n) is 13.4. The minimum Gasteiger partial charge on any atom is -0.348 e. The van der Waals surface area contributed by atoms with Crippen LogP contribution >= 0.6 is 0 Å². The molecular formula is C27H41N5O2. The lowest BCUT2D eigenvalue weighted by atomic mass is 9.84.